The number of hydrogen-bond acceptors (Lipinski definition) is 6. The minimum Gasteiger partial charge on any atom is -0.497 e. The Kier molecular flexibility index (Phi) is 6.26. The van der Waals surface area contributed by atoms with Gasteiger partial charge in [0, 0.05) is 30.0 Å². The van der Waals surface area contributed by atoms with Gasteiger partial charge < -0.3 is 18.9 Å². The molecule has 0 bridgehead atoms. The lowest BCUT2D eigenvalue weighted by Gasteiger charge is -2.23. The maximum atomic E-state index is 12.7. The maximum absolute atomic E-state index is 12.7. The molecular formula is C22H26N2O5. The van der Waals surface area contributed by atoms with E-state index in [0.717, 1.165) is 16.8 Å². The van der Waals surface area contributed by atoms with E-state index in [2.05, 4.69) is 5.10 Å². The van der Waals surface area contributed by atoms with E-state index in [1.807, 2.05) is 37.3 Å². The summed E-state index contributed by atoms with van der Waals surface area (Å²) in [5, 5.41) is 6.20. The van der Waals surface area contributed by atoms with Gasteiger partial charge in [0.05, 0.1) is 40.2 Å². The molecule has 1 amide bonds. The quantitative estimate of drug-likeness (QED) is 0.709. The standard InChI is InChI=1S/C22H26N2O5/c1-6-22(25)24-20(18-12-15(26-2)7-8-21(18)29-5)13-19(23-24)14-9-16(27-3)11-17(10-14)28-4/h7-12,20H,6,13H2,1-5H3/t20-/m1/s1. The first-order chi connectivity index (χ1) is 14.0. The zero-order valence-electron chi connectivity index (χ0n) is 17.4. The highest BCUT2D eigenvalue weighted by molar-refractivity contribution is 6.03. The second kappa shape index (κ2) is 8.86. The molecule has 0 fully saturated rings. The molecule has 1 atom stereocenters. The van der Waals surface area contributed by atoms with E-state index in [0.29, 0.717) is 35.8 Å². The Balaban J connectivity index is 2.05. The van der Waals surface area contributed by atoms with Crippen LogP contribution < -0.4 is 18.9 Å². The zero-order valence-corrected chi connectivity index (χ0v) is 17.4. The fraction of sp³-hybridized carbons (Fsp3) is 0.364. The van der Waals surface area contributed by atoms with Gasteiger partial charge in [0.15, 0.2) is 0 Å². The van der Waals surface area contributed by atoms with Gasteiger partial charge in [0.25, 0.3) is 0 Å². The lowest BCUT2D eigenvalue weighted by Crippen LogP contribution is -2.26. The van der Waals surface area contributed by atoms with Gasteiger partial charge in [0.2, 0.25) is 5.91 Å². The van der Waals surface area contributed by atoms with Crippen LogP contribution in [0, 0.1) is 0 Å². The Bertz CT molecular complexity index is 903. The van der Waals surface area contributed by atoms with Crippen LogP contribution >= 0.6 is 0 Å². The molecule has 0 aliphatic carbocycles. The van der Waals surface area contributed by atoms with Gasteiger partial charge >= 0.3 is 0 Å². The predicted octanol–water partition coefficient (Wildman–Crippen LogP) is 3.81. The van der Waals surface area contributed by atoms with E-state index < -0.39 is 0 Å². The molecule has 0 saturated heterocycles. The van der Waals surface area contributed by atoms with Crippen molar-refractivity contribution in [2.75, 3.05) is 28.4 Å². The molecule has 2 aromatic rings. The number of methoxy groups -OCH3 is 4. The Morgan fingerprint density at radius 2 is 1.62 bits per heavy atom. The number of ether oxygens (including phenoxy) is 4. The molecule has 1 heterocycles. The first-order valence-electron chi connectivity index (χ1n) is 9.39. The molecule has 154 valence electrons. The molecule has 7 nitrogen and oxygen atoms in total. The third kappa shape index (κ3) is 4.13. The minimum absolute atomic E-state index is 0.0651. The molecule has 0 unspecified atom stereocenters. The summed E-state index contributed by atoms with van der Waals surface area (Å²) in [6, 6.07) is 10.9. The van der Waals surface area contributed by atoms with Crippen LogP contribution in [0.3, 0.4) is 0 Å². The van der Waals surface area contributed by atoms with Crippen LogP contribution in [0.15, 0.2) is 41.5 Å². The van der Waals surface area contributed by atoms with E-state index in [1.165, 1.54) is 0 Å². The summed E-state index contributed by atoms with van der Waals surface area (Å²) < 4.78 is 21.7. The lowest BCUT2D eigenvalue weighted by molar-refractivity contribution is -0.132. The van der Waals surface area contributed by atoms with Crippen LogP contribution in [0.1, 0.15) is 36.9 Å². The van der Waals surface area contributed by atoms with Gasteiger partial charge in [-0.25, -0.2) is 5.01 Å². The topological polar surface area (TPSA) is 69.6 Å². The Hall–Kier alpha value is -3.22. The lowest BCUT2D eigenvalue weighted by atomic mass is 9.97. The second-order valence-electron chi connectivity index (χ2n) is 6.57. The Morgan fingerprint density at radius 1 is 0.966 bits per heavy atom. The van der Waals surface area contributed by atoms with Crippen molar-refractivity contribution in [3.8, 4) is 23.0 Å². The van der Waals surface area contributed by atoms with Crippen LogP contribution in [0.5, 0.6) is 23.0 Å². The van der Waals surface area contributed by atoms with Gasteiger partial charge in [-0.15, -0.1) is 0 Å². The highest BCUT2D eigenvalue weighted by Gasteiger charge is 2.34. The van der Waals surface area contributed by atoms with Crippen LogP contribution in [0.2, 0.25) is 0 Å². The number of amides is 1. The van der Waals surface area contributed by atoms with Crippen molar-refractivity contribution in [1.82, 2.24) is 5.01 Å². The van der Waals surface area contributed by atoms with Gasteiger partial charge in [-0.05, 0) is 30.3 Å². The molecule has 3 rings (SSSR count). The molecular weight excluding hydrogens is 372 g/mol. The molecule has 0 aromatic heterocycles. The first-order valence-corrected chi connectivity index (χ1v) is 9.39. The van der Waals surface area contributed by atoms with Crippen LogP contribution in [0.4, 0.5) is 0 Å². The summed E-state index contributed by atoms with van der Waals surface area (Å²) in [4.78, 5) is 12.7. The van der Waals surface area contributed by atoms with Crippen molar-refractivity contribution >= 4 is 11.6 Å². The largest absolute Gasteiger partial charge is 0.497 e. The maximum Gasteiger partial charge on any atom is 0.242 e. The SMILES string of the molecule is CCC(=O)N1N=C(c2cc(OC)cc(OC)c2)C[C@@H]1c1cc(OC)ccc1OC. The number of benzene rings is 2. The molecule has 2 aromatic carbocycles. The molecule has 0 radical (unpaired) electrons. The molecule has 7 heteroatoms. The molecule has 0 saturated carbocycles. The number of nitrogens with zero attached hydrogens (tertiary/aromatic N) is 2. The smallest absolute Gasteiger partial charge is 0.242 e. The van der Waals surface area contributed by atoms with Crippen LogP contribution in [-0.4, -0.2) is 45.1 Å². The highest BCUT2D eigenvalue weighted by atomic mass is 16.5. The normalized spacial score (nSPS) is 15.7. The summed E-state index contributed by atoms with van der Waals surface area (Å²) in [6.45, 7) is 1.82. The number of carbonyl (C=O) groups excluding carboxylic acids is 1. The molecule has 29 heavy (non-hydrogen) atoms. The second-order valence-corrected chi connectivity index (χ2v) is 6.57. The van der Waals surface area contributed by atoms with Gasteiger partial charge in [-0.2, -0.15) is 5.10 Å². The molecule has 1 aliphatic heterocycles. The molecule has 1 aliphatic rings. The van der Waals surface area contributed by atoms with Crippen LogP contribution in [0.25, 0.3) is 0 Å². The zero-order chi connectivity index (χ0) is 21.0. The van der Waals surface area contributed by atoms with E-state index >= 15 is 0 Å². The number of hydrazone groups is 1. The van der Waals surface area contributed by atoms with E-state index in [-0.39, 0.29) is 11.9 Å². The molecule has 0 N–H and O–H groups in total. The highest BCUT2D eigenvalue weighted by Crippen LogP contribution is 2.40. The molecule has 0 spiro atoms. The van der Waals surface area contributed by atoms with Crippen molar-refractivity contribution in [3.63, 3.8) is 0 Å². The Morgan fingerprint density at radius 3 is 2.17 bits per heavy atom. The first kappa shape index (κ1) is 20.5. The average molecular weight is 398 g/mol. The monoisotopic (exact) mass is 398 g/mol. The van der Waals surface area contributed by atoms with Gasteiger partial charge in [-0.3, -0.25) is 4.79 Å². The third-order valence-electron chi connectivity index (χ3n) is 4.95. The van der Waals surface area contributed by atoms with Crippen molar-refractivity contribution in [2.45, 2.75) is 25.8 Å². The number of rotatable bonds is 7. The van der Waals surface area contributed by atoms with Crippen molar-refractivity contribution in [3.05, 3.63) is 47.5 Å². The van der Waals surface area contributed by atoms with E-state index in [4.69, 9.17) is 18.9 Å². The fourth-order valence-electron chi connectivity index (χ4n) is 3.39. The van der Waals surface area contributed by atoms with Crippen molar-refractivity contribution < 1.29 is 23.7 Å². The summed E-state index contributed by atoms with van der Waals surface area (Å²) in [5.74, 6) is 2.64. The van der Waals surface area contributed by atoms with Gasteiger partial charge in [-0.1, -0.05) is 6.92 Å². The predicted molar refractivity (Wildman–Crippen MR) is 110 cm³/mol. The van der Waals surface area contributed by atoms with E-state index in [9.17, 15) is 4.79 Å². The summed E-state index contributed by atoms with van der Waals surface area (Å²) in [6.07, 6.45) is 0.882. The fourth-order valence-corrected chi connectivity index (χ4v) is 3.39. The number of carbonyl (C=O) groups is 1. The minimum atomic E-state index is -0.292. The Labute approximate surface area is 170 Å². The third-order valence-corrected chi connectivity index (χ3v) is 4.95. The number of hydrogen-bond donors (Lipinski definition) is 0. The van der Waals surface area contributed by atoms with Crippen molar-refractivity contribution in [2.24, 2.45) is 5.10 Å². The van der Waals surface area contributed by atoms with E-state index in [1.54, 1.807) is 39.5 Å². The van der Waals surface area contributed by atoms with Crippen LogP contribution in [-0.2, 0) is 4.79 Å². The summed E-state index contributed by atoms with van der Waals surface area (Å²) >= 11 is 0. The van der Waals surface area contributed by atoms with Crippen molar-refractivity contribution in [1.29, 1.82) is 0 Å². The van der Waals surface area contributed by atoms with Gasteiger partial charge in [0.1, 0.15) is 23.0 Å². The average Bonchev–Trinajstić information content (AvgIpc) is 3.23. The summed E-state index contributed by atoms with van der Waals surface area (Å²) in [5.41, 5.74) is 2.47. The summed E-state index contributed by atoms with van der Waals surface area (Å²) in [7, 11) is 6.43.